The molecule has 0 aromatic carbocycles. The highest BCUT2D eigenvalue weighted by Gasteiger charge is 2.14. The molecule has 8 heteroatoms. The topological polar surface area (TPSA) is 112 Å². The Kier molecular flexibility index (Phi) is 4.09. The Balaban J connectivity index is 2.98. The lowest BCUT2D eigenvalue weighted by molar-refractivity contribution is -0.121. The number of aromatic carboxylic acids is 1. The Bertz CT molecular complexity index is 460. The van der Waals surface area contributed by atoms with E-state index in [1.165, 1.54) is 0 Å². The van der Waals surface area contributed by atoms with E-state index in [9.17, 15) is 9.59 Å². The van der Waals surface area contributed by atoms with Gasteiger partial charge in [0.05, 0.1) is 0 Å². The van der Waals surface area contributed by atoms with Crippen LogP contribution in [0.5, 0.6) is 12.0 Å². The quantitative estimate of drug-likeness (QED) is 0.547. The molecular formula is C9H9N3O5. The van der Waals surface area contributed by atoms with Gasteiger partial charge in [-0.3, -0.25) is 4.79 Å². The first-order valence-corrected chi connectivity index (χ1v) is 4.39. The number of hydrogen-bond donors (Lipinski definition) is 1. The molecule has 0 saturated heterocycles. The highest BCUT2D eigenvalue weighted by molar-refractivity contribution is 5.83. The Morgan fingerprint density at radius 1 is 1.41 bits per heavy atom. The average Bonchev–Trinajstić information content (AvgIpc) is 2.26. The standard InChI is InChI=1S/C9H9N3O5/c1-5(2)3-16-8-10-6(7(14)15)11-9(12-8)17-4-13/h4H,1,3H2,2H3,(H,14,15). The molecule has 1 aromatic rings. The fraction of sp³-hybridized carbons (Fsp3) is 0.222. The predicted molar refractivity (Wildman–Crippen MR) is 53.8 cm³/mol. The van der Waals surface area contributed by atoms with E-state index in [1.54, 1.807) is 6.92 Å². The monoisotopic (exact) mass is 239 g/mol. The molecule has 0 unspecified atom stereocenters. The van der Waals surface area contributed by atoms with Crippen molar-refractivity contribution in [2.45, 2.75) is 6.92 Å². The molecule has 0 atom stereocenters. The zero-order valence-electron chi connectivity index (χ0n) is 8.91. The molecule has 1 N–H and O–H groups in total. The van der Waals surface area contributed by atoms with Crippen LogP contribution in [0.15, 0.2) is 12.2 Å². The van der Waals surface area contributed by atoms with Crippen molar-refractivity contribution in [2.75, 3.05) is 6.61 Å². The summed E-state index contributed by atoms with van der Waals surface area (Å²) in [7, 11) is 0. The van der Waals surface area contributed by atoms with Gasteiger partial charge in [0.15, 0.2) is 0 Å². The minimum absolute atomic E-state index is 0.0729. The van der Waals surface area contributed by atoms with Crippen LogP contribution in [0.1, 0.15) is 17.5 Å². The Morgan fingerprint density at radius 2 is 2.06 bits per heavy atom. The summed E-state index contributed by atoms with van der Waals surface area (Å²) in [5.41, 5.74) is 0.695. The molecule has 90 valence electrons. The van der Waals surface area contributed by atoms with Crippen molar-refractivity contribution in [1.29, 1.82) is 0 Å². The van der Waals surface area contributed by atoms with E-state index < -0.39 is 17.8 Å². The first-order valence-electron chi connectivity index (χ1n) is 4.39. The van der Waals surface area contributed by atoms with E-state index in [-0.39, 0.29) is 19.1 Å². The SMILES string of the molecule is C=C(C)COc1nc(OC=O)nc(C(=O)O)n1. The first-order chi connectivity index (χ1) is 8.02. The molecule has 0 fully saturated rings. The highest BCUT2D eigenvalue weighted by Crippen LogP contribution is 2.10. The lowest BCUT2D eigenvalue weighted by atomic mass is 10.4. The van der Waals surface area contributed by atoms with Crippen molar-refractivity contribution >= 4 is 12.4 Å². The number of carboxylic acid groups (broad SMARTS) is 1. The minimum Gasteiger partial charge on any atom is -0.475 e. The zero-order valence-corrected chi connectivity index (χ0v) is 8.91. The lowest BCUT2D eigenvalue weighted by Gasteiger charge is -2.04. The molecular weight excluding hydrogens is 230 g/mol. The third-order valence-corrected chi connectivity index (χ3v) is 1.39. The molecule has 1 rings (SSSR count). The number of hydrogen-bond acceptors (Lipinski definition) is 7. The molecule has 0 aliphatic heterocycles. The van der Waals surface area contributed by atoms with E-state index in [2.05, 4.69) is 26.3 Å². The van der Waals surface area contributed by atoms with E-state index in [0.29, 0.717) is 5.57 Å². The van der Waals surface area contributed by atoms with Gasteiger partial charge in [-0.25, -0.2) is 4.79 Å². The summed E-state index contributed by atoms with van der Waals surface area (Å²) in [4.78, 5) is 31.2. The highest BCUT2D eigenvalue weighted by atomic mass is 16.5. The summed E-state index contributed by atoms with van der Waals surface area (Å²) in [6.07, 6.45) is 0. The molecule has 0 spiro atoms. The molecule has 0 saturated carbocycles. The number of carbonyl (C=O) groups is 2. The van der Waals surface area contributed by atoms with Crippen molar-refractivity contribution in [3.05, 3.63) is 18.0 Å². The van der Waals surface area contributed by atoms with E-state index in [1.807, 2.05) is 0 Å². The molecule has 1 heterocycles. The van der Waals surface area contributed by atoms with Crippen molar-refractivity contribution in [1.82, 2.24) is 15.0 Å². The normalized spacial score (nSPS) is 9.47. The summed E-state index contributed by atoms with van der Waals surface area (Å²) in [6, 6.07) is -0.693. The van der Waals surface area contributed by atoms with Crippen molar-refractivity contribution in [3.8, 4) is 12.0 Å². The van der Waals surface area contributed by atoms with Crippen LogP contribution in [0.4, 0.5) is 0 Å². The maximum atomic E-state index is 10.7. The number of rotatable bonds is 6. The van der Waals surface area contributed by atoms with Crippen LogP contribution in [0.3, 0.4) is 0 Å². The van der Waals surface area contributed by atoms with Gasteiger partial charge in [-0.15, -0.1) is 4.98 Å². The number of ether oxygens (including phenoxy) is 2. The molecule has 0 amide bonds. The minimum atomic E-state index is -1.39. The fourth-order valence-corrected chi connectivity index (χ4v) is 0.782. The van der Waals surface area contributed by atoms with Gasteiger partial charge in [0.2, 0.25) is 5.82 Å². The van der Waals surface area contributed by atoms with Crippen LogP contribution in [0, 0.1) is 0 Å². The van der Waals surface area contributed by atoms with Crippen molar-refractivity contribution in [3.63, 3.8) is 0 Å². The molecule has 1 aromatic heterocycles. The summed E-state index contributed by atoms with van der Waals surface area (Å²) in [6.45, 7) is 5.48. The van der Waals surface area contributed by atoms with Gasteiger partial charge in [-0.2, -0.15) is 9.97 Å². The number of aromatic nitrogens is 3. The molecule has 0 bridgehead atoms. The van der Waals surface area contributed by atoms with Gasteiger partial charge < -0.3 is 14.6 Å². The predicted octanol–water partition coefficient (Wildman–Crippen LogP) is 0.0599. The summed E-state index contributed by atoms with van der Waals surface area (Å²) in [5.74, 6) is -1.96. The third-order valence-electron chi connectivity index (χ3n) is 1.39. The van der Waals surface area contributed by atoms with E-state index >= 15 is 0 Å². The smallest absolute Gasteiger partial charge is 0.374 e. The molecule has 8 nitrogen and oxygen atoms in total. The summed E-state index contributed by atoms with van der Waals surface area (Å²) < 4.78 is 9.36. The van der Waals surface area contributed by atoms with Gasteiger partial charge in [-0.1, -0.05) is 6.58 Å². The maximum Gasteiger partial charge on any atom is 0.374 e. The maximum absolute atomic E-state index is 10.7. The van der Waals surface area contributed by atoms with Gasteiger partial charge in [0.1, 0.15) is 6.61 Å². The van der Waals surface area contributed by atoms with Gasteiger partial charge in [0, 0.05) is 0 Å². The Morgan fingerprint density at radius 3 is 2.59 bits per heavy atom. The zero-order chi connectivity index (χ0) is 12.8. The average molecular weight is 239 g/mol. The Labute approximate surface area is 95.9 Å². The number of carbonyl (C=O) groups excluding carboxylic acids is 1. The van der Waals surface area contributed by atoms with Gasteiger partial charge in [-0.05, 0) is 12.5 Å². The second-order valence-electron chi connectivity index (χ2n) is 2.99. The van der Waals surface area contributed by atoms with Crippen LogP contribution >= 0.6 is 0 Å². The molecule has 17 heavy (non-hydrogen) atoms. The summed E-state index contributed by atoms with van der Waals surface area (Å²) >= 11 is 0. The second-order valence-corrected chi connectivity index (χ2v) is 2.99. The first kappa shape index (κ1) is 12.6. The van der Waals surface area contributed by atoms with Crippen LogP contribution in [-0.4, -0.2) is 39.1 Å². The Hall–Kier alpha value is -2.51. The molecule has 0 aliphatic carbocycles. The number of nitrogens with zero attached hydrogens (tertiary/aromatic N) is 3. The van der Waals surface area contributed by atoms with E-state index in [0.717, 1.165) is 0 Å². The lowest BCUT2D eigenvalue weighted by Crippen LogP contribution is -2.11. The third kappa shape index (κ3) is 3.86. The second kappa shape index (κ2) is 5.54. The fourth-order valence-electron chi connectivity index (χ4n) is 0.782. The van der Waals surface area contributed by atoms with Crippen LogP contribution < -0.4 is 9.47 Å². The number of carboxylic acids is 1. The largest absolute Gasteiger partial charge is 0.475 e. The molecule has 0 aliphatic rings. The molecule has 0 radical (unpaired) electrons. The van der Waals surface area contributed by atoms with Crippen LogP contribution in [0.25, 0.3) is 0 Å². The summed E-state index contributed by atoms with van der Waals surface area (Å²) in [5, 5.41) is 8.71. The van der Waals surface area contributed by atoms with E-state index in [4.69, 9.17) is 9.84 Å². The van der Waals surface area contributed by atoms with Crippen molar-refractivity contribution in [2.24, 2.45) is 0 Å². The van der Waals surface area contributed by atoms with Gasteiger partial charge >= 0.3 is 24.5 Å². The van der Waals surface area contributed by atoms with Gasteiger partial charge in [0.25, 0.3) is 0 Å². The van der Waals surface area contributed by atoms with Crippen molar-refractivity contribution < 1.29 is 24.2 Å². The van der Waals surface area contributed by atoms with Crippen LogP contribution in [0.2, 0.25) is 0 Å². The van der Waals surface area contributed by atoms with Crippen LogP contribution in [-0.2, 0) is 4.79 Å².